The van der Waals surface area contributed by atoms with E-state index in [0.717, 1.165) is 23.9 Å². The highest BCUT2D eigenvalue weighted by atomic mass is 19.4. The first-order valence-corrected chi connectivity index (χ1v) is 7.28. The van der Waals surface area contributed by atoms with Gasteiger partial charge >= 0.3 is 6.18 Å². The highest BCUT2D eigenvalue weighted by Gasteiger charge is 2.27. The highest BCUT2D eigenvalue weighted by Crippen LogP contribution is 2.29. The van der Waals surface area contributed by atoms with Gasteiger partial charge in [0.05, 0.1) is 6.04 Å². The van der Waals surface area contributed by atoms with Crippen molar-refractivity contribution in [1.82, 2.24) is 5.32 Å². The van der Waals surface area contributed by atoms with Crippen molar-refractivity contribution in [2.45, 2.75) is 44.8 Å². The van der Waals surface area contributed by atoms with Crippen molar-refractivity contribution < 1.29 is 17.6 Å². The molecular formula is C16H20F3NO. The van der Waals surface area contributed by atoms with Gasteiger partial charge in [-0.15, -0.1) is 0 Å². The van der Waals surface area contributed by atoms with Gasteiger partial charge in [0.2, 0.25) is 0 Å². The van der Waals surface area contributed by atoms with E-state index in [0.29, 0.717) is 12.2 Å². The maximum absolute atomic E-state index is 12.3. The molecule has 1 atom stereocenters. The fourth-order valence-electron chi connectivity index (χ4n) is 2.34. The number of fused-ring (bicyclic) bond motifs is 1. The fraction of sp³-hybridized carbons (Fsp3) is 0.500. The van der Waals surface area contributed by atoms with Crippen molar-refractivity contribution >= 4 is 11.0 Å². The second kappa shape index (κ2) is 6.98. The van der Waals surface area contributed by atoms with Crippen LogP contribution in [0.2, 0.25) is 0 Å². The summed E-state index contributed by atoms with van der Waals surface area (Å²) >= 11 is 0. The average molecular weight is 299 g/mol. The van der Waals surface area contributed by atoms with Gasteiger partial charge in [-0.1, -0.05) is 25.1 Å². The molecule has 1 heterocycles. The van der Waals surface area contributed by atoms with E-state index in [1.165, 1.54) is 0 Å². The largest absolute Gasteiger partial charge is 0.459 e. The molecule has 0 amide bonds. The van der Waals surface area contributed by atoms with Crippen molar-refractivity contribution in [3.05, 3.63) is 36.1 Å². The van der Waals surface area contributed by atoms with Crippen molar-refractivity contribution in [3.8, 4) is 0 Å². The van der Waals surface area contributed by atoms with Gasteiger partial charge in [0.1, 0.15) is 11.3 Å². The molecule has 1 N–H and O–H groups in total. The third-order valence-electron chi connectivity index (χ3n) is 3.38. The van der Waals surface area contributed by atoms with Crippen molar-refractivity contribution in [1.29, 1.82) is 0 Å². The molecule has 116 valence electrons. The molecule has 0 radical (unpaired) electrons. The Morgan fingerprint density at radius 1 is 1.24 bits per heavy atom. The van der Waals surface area contributed by atoms with Gasteiger partial charge in [-0.05, 0) is 37.9 Å². The van der Waals surface area contributed by atoms with Gasteiger partial charge in [-0.25, -0.2) is 0 Å². The molecule has 1 aromatic carbocycles. The molecule has 0 saturated heterocycles. The van der Waals surface area contributed by atoms with Crippen LogP contribution in [0.3, 0.4) is 0 Å². The minimum Gasteiger partial charge on any atom is -0.459 e. The number of hydrogen-bond donors (Lipinski definition) is 1. The van der Waals surface area contributed by atoms with E-state index < -0.39 is 12.6 Å². The zero-order valence-corrected chi connectivity index (χ0v) is 12.0. The summed E-state index contributed by atoms with van der Waals surface area (Å²) in [5.74, 6) is 0.715. The molecule has 2 rings (SSSR count). The number of halogens is 3. The summed E-state index contributed by atoms with van der Waals surface area (Å²) in [6, 6.07) is 9.35. The Morgan fingerprint density at radius 2 is 2.00 bits per heavy atom. The molecule has 0 saturated carbocycles. The Bertz CT molecular complexity index is 529. The maximum atomic E-state index is 12.3. The summed E-state index contributed by atoms with van der Waals surface area (Å²) in [5, 5.41) is 4.25. The van der Waals surface area contributed by atoms with Gasteiger partial charge < -0.3 is 9.73 Å². The van der Waals surface area contributed by atoms with Crippen LogP contribution in [0.1, 0.15) is 44.4 Å². The summed E-state index contributed by atoms with van der Waals surface area (Å²) in [4.78, 5) is 0. The van der Waals surface area contributed by atoms with Crippen LogP contribution >= 0.6 is 0 Å². The lowest BCUT2D eigenvalue weighted by Crippen LogP contribution is -2.22. The van der Waals surface area contributed by atoms with E-state index in [2.05, 4.69) is 5.32 Å². The highest BCUT2D eigenvalue weighted by molar-refractivity contribution is 5.77. The number of hydrogen-bond acceptors (Lipinski definition) is 2. The summed E-state index contributed by atoms with van der Waals surface area (Å²) in [6.45, 7) is 2.78. The molecule has 1 aromatic heterocycles. The molecule has 0 spiro atoms. The van der Waals surface area contributed by atoms with Gasteiger partial charge in [-0.2, -0.15) is 13.2 Å². The third kappa shape index (κ3) is 4.77. The number of para-hydroxylation sites is 1. The zero-order chi connectivity index (χ0) is 15.3. The summed E-state index contributed by atoms with van der Waals surface area (Å²) in [6.07, 6.45) is -3.40. The summed E-state index contributed by atoms with van der Waals surface area (Å²) < 4.78 is 42.6. The van der Waals surface area contributed by atoms with Crippen molar-refractivity contribution in [3.63, 3.8) is 0 Å². The Labute approximate surface area is 122 Å². The quantitative estimate of drug-likeness (QED) is 0.759. The van der Waals surface area contributed by atoms with Crippen LogP contribution in [-0.2, 0) is 0 Å². The van der Waals surface area contributed by atoms with E-state index in [9.17, 15) is 13.2 Å². The van der Waals surface area contributed by atoms with E-state index in [-0.39, 0.29) is 12.5 Å². The zero-order valence-electron chi connectivity index (χ0n) is 12.0. The van der Waals surface area contributed by atoms with Gasteiger partial charge in [0, 0.05) is 11.8 Å². The normalized spacial score (nSPS) is 13.7. The minimum atomic E-state index is -4.09. The van der Waals surface area contributed by atoms with Gasteiger partial charge in [-0.3, -0.25) is 0 Å². The molecule has 0 bridgehead atoms. The molecule has 2 nitrogen and oxygen atoms in total. The Kier molecular flexibility index (Phi) is 5.28. The molecular weight excluding hydrogens is 279 g/mol. The maximum Gasteiger partial charge on any atom is 0.389 e. The molecule has 1 unspecified atom stereocenters. The standard InChI is InChI=1S/C16H20F3NO/c1-2-10-20-13(7-5-9-16(17,18)19)15-11-12-6-3-4-8-14(12)21-15/h3-4,6,8,11,13,20H,2,5,7,9-10H2,1H3. The Hall–Kier alpha value is -1.49. The summed E-state index contributed by atoms with van der Waals surface area (Å²) in [5.41, 5.74) is 0.770. The molecule has 0 fully saturated rings. The van der Waals surface area contributed by atoms with Crippen LogP contribution in [0.4, 0.5) is 13.2 Å². The van der Waals surface area contributed by atoms with Gasteiger partial charge in [0.15, 0.2) is 0 Å². The first-order valence-electron chi connectivity index (χ1n) is 7.28. The van der Waals surface area contributed by atoms with Crippen molar-refractivity contribution in [2.24, 2.45) is 0 Å². The SMILES string of the molecule is CCCNC(CCCC(F)(F)F)c1cc2ccccc2o1. The van der Waals surface area contributed by atoms with Crippen LogP contribution < -0.4 is 5.32 Å². The minimum absolute atomic E-state index is 0.0991. The molecule has 0 aliphatic heterocycles. The number of furan rings is 1. The van der Waals surface area contributed by atoms with E-state index >= 15 is 0 Å². The first-order chi connectivity index (χ1) is 9.99. The number of rotatable bonds is 7. The molecule has 21 heavy (non-hydrogen) atoms. The molecule has 0 aliphatic rings. The van der Waals surface area contributed by atoms with Crippen LogP contribution in [0.25, 0.3) is 11.0 Å². The van der Waals surface area contributed by atoms with Crippen LogP contribution in [-0.4, -0.2) is 12.7 Å². The van der Waals surface area contributed by atoms with E-state index in [1.807, 2.05) is 37.3 Å². The lowest BCUT2D eigenvalue weighted by Gasteiger charge is -2.16. The molecule has 5 heteroatoms. The second-order valence-corrected chi connectivity index (χ2v) is 5.20. The monoisotopic (exact) mass is 299 g/mol. The first kappa shape index (κ1) is 15.9. The second-order valence-electron chi connectivity index (χ2n) is 5.20. The predicted octanol–water partition coefficient (Wildman–Crippen LogP) is 5.21. The smallest absolute Gasteiger partial charge is 0.389 e. The van der Waals surface area contributed by atoms with Crippen LogP contribution in [0.15, 0.2) is 34.7 Å². The van der Waals surface area contributed by atoms with E-state index in [4.69, 9.17) is 4.42 Å². The van der Waals surface area contributed by atoms with E-state index in [1.54, 1.807) is 0 Å². The number of alkyl halides is 3. The van der Waals surface area contributed by atoms with Gasteiger partial charge in [0.25, 0.3) is 0 Å². The van der Waals surface area contributed by atoms with Crippen LogP contribution in [0.5, 0.6) is 0 Å². The number of benzene rings is 1. The predicted molar refractivity (Wildman–Crippen MR) is 77.2 cm³/mol. The average Bonchev–Trinajstić information content (AvgIpc) is 2.85. The number of nitrogens with one attached hydrogen (secondary N) is 1. The lowest BCUT2D eigenvalue weighted by atomic mass is 10.1. The summed E-state index contributed by atoms with van der Waals surface area (Å²) in [7, 11) is 0. The van der Waals surface area contributed by atoms with Crippen molar-refractivity contribution in [2.75, 3.05) is 6.54 Å². The fourth-order valence-corrected chi connectivity index (χ4v) is 2.34. The molecule has 2 aromatic rings. The molecule has 0 aliphatic carbocycles. The third-order valence-corrected chi connectivity index (χ3v) is 3.38. The van der Waals surface area contributed by atoms with Crippen LogP contribution in [0, 0.1) is 0 Å². The topological polar surface area (TPSA) is 25.2 Å². The Morgan fingerprint density at radius 3 is 2.67 bits per heavy atom. The Balaban J connectivity index is 2.07. The lowest BCUT2D eigenvalue weighted by molar-refractivity contribution is -0.135.